The minimum atomic E-state index is -0.709. The Hall–Kier alpha value is -2.44. The summed E-state index contributed by atoms with van der Waals surface area (Å²) in [6.07, 6.45) is 0.814. The molecule has 2 amide bonds. The monoisotopic (exact) mass is 435 g/mol. The third-order valence-electron chi connectivity index (χ3n) is 4.97. The fourth-order valence-electron chi connectivity index (χ4n) is 3.23. The second-order valence-corrected chi connectivity index (χ2v) is 7.85. The normalized spacial score (nSPS) is 15.6. The lowest BCUT2D eigenvalue weighted by atomic mass is 9.96. The van der Waals surface area contributed by atoms with Gasteiger partial charge in [-0.3, -0.25) is 9.59 Å². The maximum absolute atomic E-state index is 12.4. The standard InChI is InChI=1S/C21H23Cl2N3O3/c1-13(29-17-6-7-18(22)19(23)12-17)21(28)25-15-2-4-16(5-3-15)26-10-8-14(9-11-26)20(24)27/h2-7,12-14H,8-11H2,1H3,(H2,24,27)(H,25,28). The average molecular weight is 436 g/mol. The Morgan fingerprint density at radius 3 is 2.34 bits per heavy atom. The van der Waals surface area contributed by atoms with Crippen LogP contribution in [0.3, 0.4) is 0 Å². The van der Waals surface area contributed by atoms with Crippen molar-refractivity contribution < 1.29 is 14.3 Å². The van der Waals surface area contributed by atoms with E-state index < -0.39 is 6.10 Å². The number of primary amides is 1. The van der Waals surface area contributed by atoms with Crippen LogP contribution in [0.2, 0.25) is 10.0 Å². The van der Waals surface area contributed by atoms with Crippen LogP contribution in [0.25, 0.3) is 0 Å². The third kappa shape index (κ3) is 5.55. The Bertz CT molecular complexity index is 881. The van der Waals surface area contributed by atoms with Crippen molar-refractivity contribution in [2.24, 2.45) is 11.7 Å². The van der Waals surface area contributed by atoms with Gasteiger partial charge in [0.2, 0.25) is 5.91 Å². The average Bonchev–Trinajstić information content (AvgIpc) is 2.71. The molecule has 0 bridgehead atoms. The molecular formula is C21H23Cl2N3O3. The molecule has 2 aromatic carbocycles. The van der Waals surface area contributed by atoms with E-state index in [4.69, 9.17) is 33.7 Å². The number of ether oxygens (including phenoxy) is 1. The summed E-state index contributed by atoms with van der Waals surface area (Å²) in [5.74, 6) is -0.0652. The fraction of sp³-hybridized carbons (Fsp3) is 0.333. The molecule has 1 aliphatic rings. The van der Waals surface area contributed by atoms with E-state index in [0.717, 1.165) is 31.6 Å². The number of anilines is 2. The number of carbonyl (C=O) groups excluding carboxylic acids is 2. The first-order valence-corrected chi connectivity index (χ1v) is 10.2. The number of halogens is 2. The molecule has 2 aromatic rings. The van der Waals surface area contributed by atoms with Crippen LogP contribution in [0.15, 0.2) is 42.5 Å². The molecule has 154 valence electrons. The molecule has 1 atom stereocenters. The van der Waals surface area contributed by atoms with E-state index in [1.54, 1.807) is 25.1 Å². The topological polar surface area (TPSA) is 84.7 Å². The number of piperidine rings is 1. The molecule has 0 spiro atoms. The molecule has 0 saturated carbocycles. The molecule has 0 aliphatic carbocycles. The molecule has 1 fully saturated rings. The Morgan fingerprint density at radius 1 is 1.10 bits per heavy atom. The summed E-state index contributed by atoms with van der Waals surface area (Å²) in [5, 5.41) is 3.63. The van der Waals surface area contributed by atoms with Crippen LogP contribution < -0.4 is 20.7 Å². The minimum Gasteiger partial charge on any atom is -0.481 e. The van der Waals surface area contributed by atoms with E-state index in [1.165, 1.54) is 0 Å². The van der Waals surface area contributed by atoms with E-state index in [9.17, 15) is 9.59 Å². The first kappa shape index (κ1) is 21.3. The minimum absolute atomic E-state index is 0.0400. The number of benzene rings is 2. The maximum atomic E-state index is 12.4. The lowest BCUT2D eigenvalue weighted by molar-refractivity contribution is -0.122. The van der Waals surface area contributed by atoms with Gasteiger partial charge < -0.3 is 20.7 Å². The smallest absolute Gasteiger partial charge is 0.265 e. The van der Waals surface area contributed by atoms with Crippen LogP contribution in [0.5, 0.6) is 5.75 Å². The SMILES string of the molecule is CC(Oc1ccc(Cl)c(Cl)c1)C(=O)Nc1ccc(N2CCC(C(N)=O)CC2)cc1. The lowest BCUT2D eigenvalue weighted by Crippen LogP contribution is -2.38. The number of hydrogen-bond acceptors (Lipinski definition) is 4. The Labute approximate surface area is 179 Å². The van der Waals surface area contributed by atoms with E-state index in [1.807, 2.05) is 24.3 Å². The highest BCUT2D eigenvalue weighted by atomic mass is 35.5. The maximum Gasteiger partial charge on any atom is 0.265 e. The number of hydrogen-bond donors (Lipinski definition) is 2. The molecule has 1 aliphatic heterocycles. The summed E-state index contributed by atoms with van der Waals surface area (Å²) in [6, 6.07) is 12.4. The van der Waals surface area contributed by atoms with Crippen molar-refractivity contribution in [3.63, 3.8) is 0 Å². The first-order valence-electron chi connectivity index (χ1n) is 9.40. The predicted octanol–water partition coefficient (Wildman–Crippen LogP) is 4.10. The van der Waals surface area contributed by atoms with E-state index in [2.05, 4.69) is 10.2 Å². The Kier molecular flexibility index (Phi) is 6.87. The molecule has 1 heterocycles. The van der Waals surface area contributed by atoms with Gasteiger partial charge in [0.1, 0.15) is 5.75 Å². The zero-order valence-electron chi connectivity index (χ0n) is 16.0. The molecule has 29 heavy (non-hydrogen) atoms. The highest BCUT2D eigenvalue weighted by Gasteiger charge is 2.23. The highest BCUT2D eigenvalue weighted by molar-refractivity contribution is 6.42. The van der Waals surface area contributed by atoms with Gasteiger partial charge in [0, 0.05) is 36.4 Å². The summed E-state index contributed by atoms with van der Waals surface area (Å²) in [7, 11) is 0. The Balaban J connectivity index is 1.54. The molecule has 6 nitrogen and oxygen atoms in total. The molecule has 3 rings (SSSR count). The van der Waals surface area contributed by atoms with Gasteiger partial charge in [0.05, 0.1) is 10.0 Å². The predicted molar refractivity (Wildman–Crippen MR) is 116 cm³/mol. The summed E-state index contributed by atoms with van der Waals surface area (Å²) in [5.41, 5.74) is 7.11. The van der Waals surface area contributed by atoms with Gasteiger partial charge in [-0.05, 0) is 56.2 Å². The molecular weight excluding hydrogens is 413 g/mol. The van der Waals surface area contributed by atoms with Gasteiger partial charge in [-0.15, -0.1) is 0 Å². The van der Waals surface area contributed by atoms with Crippen molar-refractivity contribution >= 4 is 46.4 Å². The van der Waals surface area contributed by atoms with Crippen LogP contribution in [-0.2, 0) is 9.59 Å². The van der Waals surface area contributed by atoms with Gasteiger partial charge in [-0.1, -0.05) is 23.2 Å². The molecule has 1 saturated heterocycles. The van der Waals surface area contributed by atoms with Gasteiger partial charge in [-0.2, -0.15) is 0 Å². The number of carbonyl (C=O) groups is 2. The lowest BCUT2D eigenvalue weighted by Gasteiger charge is -2.32. The second-order valence-electron chi connectivity index (χ2n) is 7.04. The van der Waals surface area contributed by atoms with Crippen molar-refractivity contribution in [2.75, 3.05) is 23.3 Å². The third-order valence-corrected chi connectivity index (χ3v) is 5.71. The van der Waals surface area contributed by atoms with E-state index in [0.29, 0.717) is 21.5 Å². The second kappa shape index (κ2) is 9.37. The van der Waals surface area contributed by atoms with Gasteiger partial charge in [0.25, 0.3) is 5.91 Å². The summed E-state index contributed by atoms with van der Waals surface area (Å²) >= 11 is 11.9. The van der Waals surface area contributed by atoms with Crippen molar-refractivity contribution in [3.8, 4) is 5.75 Å². The Morgan fingerprint density at radius 2 is 1.76 bits per heavy atom. The van der Waals surface area contributed by atoms with Gasteiger partial charge >= 0.3 is 0 Å². The summed E-state index contributed by atoms with van der Waals surface area (Å²) in [6.45, 7) is 3.23. The number of amides is 2. The fourth-order valence-corrected chi connectivity index (χ4v) is 3.52. The number of nitrogens with one attached hydrogen (secondary N) is 1. The van der Waals surface area contributed by atoms with E-state index >= 15 is 0 Å². The largest absolute Gasteiger partial charge is 0.481 e. The first-order chi connectivity index (χ1) is 13.8. The number of nitrogens with two attached hydrogens (primary N) is 1. The van der Waals surface area contributed by atoms with Crippen molar-refractivity contribution in [2.45, 2.75) is 25.9 Å². The summed E-state index contributed by atoms with van der Waals surface area (Å²) in [4.78, 5) is 25.9. The molecule has 0 aromatic heterocycles. The van der Waals surface area contributed by atoms with Crippen LogP contribution in [0, 0.1) is 5.92 Å². The zero-order valence-corrected chi connectivity index (χ0v) is 17.5. The molecule has 1 unspecified atom stereocenters. The van der Waals surface area contributed by atoms with Gasteiger partial charge in [-0.25, -0.2) is 0 Å². The van der Waals surface area contributed by atoms with Crippen molar-refractivity contribution in [3.05, 3.63) is 52.5 Å². The van der Waals surface area contributed by atoms with Crippen LogP contribution in [-0.4, -0.2) is 31.0 Å². The van der Waals surface area contributed by atoms with Crippen LogP contribution >= 0.6 is 23.2 Å². The van der Waals surface area contributed by atoms with E-state index in [-0.39, 0.29) is 17.7 Å². The van der Waals surface area contributed by atoms with Crippen molar-refractivity contribution in [1.82, 2.24) is 0 Å². The molecule has 0 radical (unpaired) electrons. The number of rotatable bonds is 6. The molecule has 3 N–H and O–H groups in total. The highest BCUT2D eigenvalue weighted by Crippen LogP contribution is 2.27. The van der Waals surface area contributed by atoms with Gasteiger partial charge in [0.15, 0.2) is 6.10 Å². The summed E-state index contributed by atoms with van der Waals surface area (Å²) < 4.78 is 5.63. The van der Waals surface area contributed by atoms with Crippen molar-refractivity contribution in [1.29, 1.82) is 0 Å². The number of nitrogens with zero attached hydrogens (tertiary/aromatic N) is 1. The molecule has 8 heteroatoms. The zero-order chi connectivity index (χ0) is 21.0. The van der Waals surface area contributed by atoms with Crippen LogP contribution in [0.4, 0.5) is 11.4 Å². The van der Waals surface area contributed by atoms with Crippen LogP contribution in [0.1, 0.15) is 19.8 Å². The quantitative estimate of drug-likeness (QED) is 0.714.